The molecule has 0 bridgehead atoms. The number of hydrogen-bond donors (Lipinski definition) is 2. The van der Waals surface area contributed by atoms with E-state index in [-0.39, 0.29) is 0 Å². The molecule has 2 N–H and O–H groups in total. The van der Waals surface area contributed by atoms with Crippen LogP contribution in [0.3, 0.4) is 0 Å². The van der Waals surface area contributed by atoms with E-state index in [2.05, 4.69) is 13.8 Å². The Balaban J connectivity index is 0.000000200. The molecule has 0 aliphatic carbocycles. The molecule has 2 nitrogen and oxygen atoms in total. The normalized spacial score (nSPS) is 9.63. The zero-order valence-corrected chi connectivity index (χ0v) is 11.9. The topological polar surface area (TPSA) is 40.5 Å². The summed E-state index contributed by atoms with van der Waals surface area (Å²) in [6, 6.07) is 13.2. The monoisotopic (exact) mass is 258 g/mol. The molecule has 0 fully saturated rings. The molecule has 0 radical (unpaired) electrons. The van der Waals surface area contributed by atoms with Crippen molar-refractivity contribution in [3.8, 4) is 11.5 Å². The maximum Gasteiger partial charge on any atom is 0.121 e. The molecule has 0 aromatic heterocycles. The first kappa shape index (κ1) is 15.1. The van der Waals surface area contributed by atoms with E-state index in [1.54, 1.807) is 6.07 Å². The quantitative estimate of drug-likeness (QED) is 0.846. The van der Waals surface area contributed by atoms with Crippen LogP contribution in [-0.2, 0) is 12.8 Å². The fourth-order valence-corrected chi connectivity index (χ4v) is 1.78. The van der Waals surface area contributed by atoms with E-state index >= 15 is 0 Å². The number of aryl methyl sites for hydroxylation is 3. The van der Waals surface area contributed by atoms with Crippen LogP contribution in [0.15, 0.2) is 42.5 Å². The number of hydrogen-bond acceptors (Lipinski definition) is 2. The zero-order valence-electron chi connectivity index (χ0n) is 11.9. The Morgan fingerprint density at radius 2 is 1.32 bits per heavy atom. The molecule has 0 saturated carbocycles. The maximum absolute atomic E-state index is 9.59. The summed E-state index contributed by atoms with van der Waals surface area (Å²) in [7, 11) is 0. The van der Waals surface area contributed by atoms with Gasteiger partial charge in [0.25, 0.3) is 0 Å². The number of phenolic OH excluding ortho intramolecular Hbond substituents is 2. The van der Waals surface area contributed by atoms with E-state index in [0.29, 0.717) is 11.5 Å². The van der Waals surface area contributed by atoms with Gasteiger partial charge in [-0.05, 0) is 42.5 Å². The molecule has 2 aromatic carbocycles. The predicted molar refractivity (Wildman–Crippen MR) is 79.7 cm³/mol. The second kappa shape index (κ2) is 7.47. The van der Waals surface area contributed by atoms with Crippen LogP contribution >= 0.6 is 0 Å². The molecule has 2 aromatic rings. The van der Waals surface area contributed by atoms with E-state index < -0.39 is 0 Å². The van der Waals surface area contributed by atoms with E-state index in [0.717, 1.165) is 29.5 Å². The summed E-state index contributed by atoms with van der Waals surface area (Å²) in [4.78, 5) is 0. The highest BCUT2D eigenvalue weighted by atomic mass is 16.3. The van der Waals surface area contributed by atoms with Crippen LogP contribution < -0.4 is 0 Å². The Hall–Kier alpha value is -1.96. The molecule has 0 atom stereocenters. The molecule has 0 aliphatic heterocycles. The van der Waals surface area contributed by atoms with Gasteiger partial charge in [-0.2, -0.15) is 0 Å². The van der Waals surface area contributed by atoms with Crippen LogP contribution in [0.5, 0.6) is 11.5 Å². The molecule has 0 spiro atoms. The summed E-state index contributed by atoms with van der Waals surface area (Å²) in [6.07, 6.45) is 1.80. The molecule has 2 heteroatoms. The van der Waals surface area contributed by atoms with E-state index in [4.69, 9.17) is 5.11 Å². The first-order chi connectivity index (χ1) is 9.10. The third kappa shape index (κ3) is 4.32. The molecular formula is C17H22O2. The van der Waals surface area contributed by atoms with Crippen LogP contribution in [0.25, 0.3) is 0 Å². The highest BCUT2D eigenvalue weighted by molar-refractivity contribution is 5.40. The van der Waals surface area contributed by atoms with Gasteiger partial charge in [-0.1, -0.05) is 50.2 Å². The highest BCUT2D eigenvalue weighted by Crippen LogP contribution is 2.22. The molecule has 102 valence electrons. The van der Waals surface area contributed by atoms with Crippen molar-refractivity contribution in [3.05, 3.63) is 59.2 Å². The molecule has 2 rings (SSSR count). The van der Waals surface area contributed by atoms with Crippen LogP contribution in [0, 0.1) is 6.92 Å². The molecule has 0 saturated heterocycles. The lowest BCUT2D eigenvalue weighted by Crippen LogP contribution is -1.86. The van der Waals surface area contributed by atoms with Gasteiger partial charge in [0.15, 0.2) is 0 Å². The second-order valence-corrected chi connectivity index (χ2v) is 4.42. The summed E-state index contributed by atoms with van der Waals surface area (Å²) in [5.41, 5.74) is 3.02. The molecular weight excluding hydrogens is 236 g/mol. The average Bonchev–Trinajstić information content (AvgIpc) is 2.43. The van der Waals surface area contributed by atoms with Crippen LogP contribution in [0.2, 0.25) is 0 Å². The predicted octanol–water partition coefficient (Wildman–Crippen LogP) is 4.22. The Labute approximate surface area is 115 Å². The fraction of sp³-hybridized carbons (Fsp3) is 0.294. The Morgan fingerprint density at radius 1 is 0.789 bits per heavy atom. The third-order valence-electron chi connectivity index (χ3n) is 3.08. The van der Waals surface area contributed by atoms with Gasteiger partial charge in [0.1, 0.15) is 11.5 Å². The lowest BCUT2D eigenvalue weighted by molar-refractivity contribution is 0.462. The smallest absolute Gasteiger partial charge is 0.121 e. The van der Waals surface area contributed by atoms with Crippen molar-refractivity contribution in [2.45, 2.75) is 33.6 Å². The van der Waals surface area contributed by atoms with Gasteiger partial charge in [0.2, 0.25) is 0 Å². The van der Waals surface area contributed by atoms with Crippen LogP contribution in [-0.4, -0.2) is 10.2 Å². The van der Waals surface area contributed by atoms with Crippen molar-refractivity contribution in [1.29, 1.82) is 0 Å². The Morgan fingerprint density at radius 3 is 1.68 bits per heavy atom. The Bertz CT molecular complexity index is 475. The lowest BCUT2D eigenvalue weighted by Gasteiger charge is -2.05. The second-order valence-electron chi connectivity index (χ2n) is 4.42. The van der Waals surface area contributed by atoms with Gasteiger partial charge in [-0.15, -0.1) is 0 Å². The van der Waals surface area contributed by atoms with Gasteiger partial charge in [-0.3, -0.25) is 0 Å². The fourth-order valence-electron chi connectivity index (χ4n) is 1.78. The van der Waals surface area contributed by atoms with Crippen molar-refractivity contribution >= 4 is 0 Å². The summed E-state index contributed by atoms with van der Waals surface area (Å²) in [6.45, 7) is 5.97. The molecule has 19 heavy (non-hydrogen) atoms. The van der Waals surface area contributed by atoms with Crippen LogP contribution in [0.1, 0.15) is 30.5 Å². The number of rotatable bonds is 2. The molecule has 0 amide bonds. The molecule has 0 heterocycles. The van der Waals surface area contributed by atoms with Crippen molar-refractivity contribution < 1.29 is 10.2 Å². The van der Waals surface area contributed by atoms with Crippen molar-refractivity contribution in [1.82, 2.24) is 0 Å². The SMILES string of the molecule is CCc1cccc(CC)c1O.Cc1ccccc1O. The number of para-hydroxylation sites is 2. The van der Waals surface area contributed by atoms with Gasteiger partial charge >= 0.3 is 0 Å². The summed E-state index contributed by atoms with van der Waals surface area (Å²) in [5.74, 6) is 0.852. The molecule has 0 aliphatic rings. The van der Waals surface area contributed by atoms with Gasteiger partial charge in [-0.25, -0.2) is 0 Å². The van der Waals surface area contributed by atoms with Gasteiger partial charge in [0, 0.05) is 0 Å². The number of phenols is 2. The standard InChI is InChI=1S/C10H14O.C7H8O/c1-3-8-6-5-7-9(4-2)10(8)11;1-6-4-2-3-5-7(6)8/h5-7,11H,3-4H2,1-2H3;2-5,8H,1H3. The van der Waals surface area contributed by atoms with E-state index in [1.165, 1.54) is 0 Å². The first-order valence-electron chi connectivity index (χ1n) is 6.64. The minimum absolute atomic E-state index is 0.368. The summed E-state index contributed by atoms with van der Waals surface area (Å²) < 4.78 is 0. The minimum Gasteiger partial charge on any atom is -0.508 e. The number of benzene rings is 2. The van der Waals surface area contributed by atoms with Crippen molar-refractivity contribution in [3.63, 3.8) is 0 Å². The zero-order chi connectivity index (χ0) is 14.3. The summed E-state index contributed by atoms with van der Waals surface area (Å²) in [5, 5.41) is 18.5. The largest absolute Gasteiger partial charge is 0.508 e. The van der Waals surface area contributed by atoms with E-state index in [9.17, 15) is 5.11 Å². The van der Waals surface area contributed by atoms with Gasteiger partial charge in [0.05, 0.1) is 0 Å². The lowest BCUT2D eigenvalue weighted by atomic mass is 10.1. The van der Waals surface area contributed by atoms with Crippen molar-refractivity contribution in [2.24, 2.45) is 0 Å². The summed E-state index contributed by atoms with van der Waals surface area (Å²) >= 11 is 0. The van der Waals surface area contributed by atoms with Crippen LogP contribution in [0.4, 0.5) is 0 Å². The Kier molecular flexibility index (Phi) is 5.94. The first-order valence-corrected chi connectivity index (χ1v) is 6.64. The number of aromatic hydroxyl groups is 2. The minimum atomic E-state index is 0.368. The average molecular weight is 258 g/mol. The maximum atomic E-state index is 9.59. The van der Waals surface area contributed by atoms with Gasteiger partial charge < -0.3 is 10.2 Å². The third-order valence-corrected chi connectivity index (χ3v) is 3.08. The highest BCUT2D eigenvalue weighted by Gasteiger charge is 2.01. The van der Waals surface area contributed by atoms with E-state index in [1.807, 2.05) is 43.3 Å². The molecule has 0 unspecified atom stereocenters. The van der Waals surface area contributed by atoms with Crippen molar-refractivity contribution in [2.75, 3.05) is 0 Å².